The van der Waals surface area contributed by atoms with Crippen LogP contribution in [0.25, 0.3) is 0 Å². The summed E-state index contributed by atoms with van der Waals surface area (Å²) in [6.45, 7) is 0. The topological polar surface area (TPSA) is 113 Å². The number of ether oxygens (including phenoxy) is 1. The van der Waals surface area contributed by atoms with E-state index in [0.717, 1.165) is 12.1 Å². The summed E-state index contributed by atoms with van der Waals surface area (Å²) in [6.07, 6.45) is -7.11. The van der Waals surface area contributed by atoms with Gasteiger partial charge in [-0.15, -0.1) is 13.2 Å². The Labute approximate surface area is 197 Å². The standard InChI is InChI=1S/C7H6BF3O3.CH2O3.2K/c9-7(10,11)14-6-3-1-2-5(4-6)8(12)13;2-1(3)4;;/h1-4,12-13H;(H2,2,3,4);;/q;;2*+1/p-2. The molecule has 0 aliphatic rings. The molecular weight excluding hydrogens is 338 g/mol. The molecular formula is C8H6BF3K2O6. The van der Waals surface area contributed by atoms with Crippen molar-refractivity contribution in [3.05, 3.63) is 24.3 Å². The smallest absolute Gasteiger partial charge is 0.652 e. The van der Waals surface area contributed by atoms with Crippen LogP contribution in [0, 0.1) is 0 Å². The molecule has 0 saturated carbocycles. The summed E-state index contributed by atoms with van der Waals surface area (Å²) < 4.78 is 38.8. The summed E-state index contributed by atoms with van der Waals surface area (Å²) >= 11 is 0. The number of hydrogen-bond donors (Lipinski definition) is 2. The molecule has 0 radical (unpaired) electrons. The summed E-state index contributed by atoms with van der Waals surface area (Å²) in [5.41, 5.74) is -0.0632. The molecule has 0 amide bonds. The van der Waals surface area contributed by atoms with E-state index in [1.807, 2.05) is 0 Å². The Kier molecular flexibility index (Phi) is 16.8. The first-order valence-corrected chi connectivity index (χ1v) is 4.21. The van der Waals surface area contributed by atoms with E-state index < -0.39 is 25.4 Å². The average molecular weight is 344 g/mol. The van der Waals surface area contributed by atoms with E-state index in [2.05, 4.69) is 4.74 Å². The van der Waals surface area contributed by atoms with Gasteiger partial charge in [0.15, 0.2) is 0 Å². The molecule has 12 heteroatoms. The molecule has 0 unspecified atom stereocenters. The third kappa shape index (κ3) is 15.7. The minimum Gasteiger partial charge on any atom is -0.652 e. The monoisotopic (exact) mass is 344 g/mol. The summed E-state index contributed by atoms with van der Waals surface area (Å²) in [7, 11) is -1.81. The SMILES string of the molecule is O=C([O-])[O-].OB(O)c1cccc(OC(F)(F)F)c1.[K+].[K+]. The molecule has 0 bridgehead atoms. The van der Waals surface area contributed by atoms with Gasteiger partial charge in [0.25, 0.3) is 0 Å². The number of carbonyl (C=O) groups excluding carboxylic acids is 1. The van der Waals surface area contributed by atoms with Crippen molar-refractivity contribution in [3.63, 3.8) is 0 Å². The summed E-state index contributed by atoms with van der Waals surface area (Å²) in [5, 5.41) is 34.0. The first-order valence-electron chi connectivity index (χ1n) is 4.21. The summed E-state index contributed by atoms with van der Waals surface area (Å²) in [5.74, 6) is -0.483. The predicted molar refractivity (Wildman–Crippen MR) is 48.3 cm³/mol. The van der Waals surface area contributed by atoms with Crippen molar-refractivity contribution in [2.45, 2.75) is 6.36 Å². The molecule has 2 N–H and O–H groups in total. The molecule has 0 aliphatic heterocycles. The van der Waals surface area contributed by atoms with Crippen LogP contribution in [-0.2, 0) is 0 Å². The van der Waals surface area contributed by atoms with Crippen molar-refractivity contribution >= 4 is 18.7 Å². The molecule has 0 saturated heterocycles. The van der Waals surface area contributed by atoms with Gasteiger partial charge < -0.3 is 29.8 Å². The molecule has 0 atom stereocenters. The zero-order valence-electron chi connectivity index (χ0n) is 10.5. The number of carboxylic acid groups (broad SMARTS) is 2. The van der Waals surface area contributed by atoms with E-state index >= 15 is 0 Å². The van der Waals surface area contributed by atoms with E-state index in [9.17, 15) is 13.2 Å². The van der Waals surface area contributed by atoms with Crippen LogP contribution in [-0.4, -0.2) is 29.7 Å². The van der Waals surface area contributed by atoms with Gasteiger partial charge in [0.2, 0.25) is 0 Å². The Morgan fingerprint density at radius 1 is 1.20 bits per heavy atom. The predicted octanol–water partition coefficient (Wildman–Crippen LogP) is -8.17. The van der Waals surface area contributed by atoms with Crippen LogP contribution in [0.15, 0.2) is 24.3 Å². The second-order valence-electron chi connectivity index (χ2n) is 2.74. The van der Waals surface area contributed by atoms with Crippen LogP contribution < -0.4 is 123 Å². The second-order valence-corrected chi connectivity index (χ2v) is 2.74. The van der Waals surface area contributed by atoms with Gasteiger partial charge in [-0.1, -0.05) is 12.1 Å². The minimum absolute atomic E-state index is 0. The van der Waals surface area contributed by atoms with E-state index in [0.29, 0.717) is 0 Å². The average Bonchev–Trinajstić information content (AvgIpc) is 2.14. The van der Waals surface area contributed by atoms with Crippen molar-refractivity contribution in [1.29, 1.82) is 0 Å². The molecule has 0 heterocycles. The number of hydrogen-bond acceptors (Lipinski definition) is 6. The van der Waals surface area contributed by atoms with Gasteiger partial charge in [0, 0.05) is 0 Å². The number of rotatable bonds is 2. The van der Waals surface area contributed by atoms with Crippen LogP contribution in [0.3, 0.4) is 0 Å². The zero-order chi connectivity index (χ0) is 14.3. The summed E-state index contributed by atoms with van der Waals surface area (Å²) in [6, 6.07) is 4.47. The van der Waals surface area contributed by atoms with E-state index in [4.69, 9.17) is 25.1 Å². The molecule has 1 rings (SSSR count). The maximum absolute atomic E-state index is 11.7. The van der Waals surface area contributed by atoms with Crippen LogP contribution >= 0.6 is 0 Å². The van der Waals surface area contributed by atoms with Gasteiger partial charge in [-0.3, -0.25) is 0 Å². The molecule has 1 aromatic carbocycles. The Bertz CT molecular complexity index is 400. The minimum atomic E-state index is -4.78. The fraction of sp³-hybridized carbons (Fsp3) is 0.125. The molecule has 6 nitrogen and oxygen atoms in total. The molecule has 0 aromatic heterocycles. The van der Waals surface area contributed by atoms with Crippen molar-refractivity contribution in [2.24, 2.45) is 0 Å². The Balaban J connectivity index is -0.000000429. The number of halogens is 3. The van der Waals surface area contributed by atoms with Crippen molar-refractivity contribution in [1.82, 2.24) is 0 Å². The van der Waals surface area contributed by atoms with Crippen LogP contribution in [0.2, 0.25) is 0 Å². The molecule has 0 fully saturated rings. The molecule has 1 aromatic rings. The maximum atomic E-state index is 11.7. The van der Waals surface area contributed by atoms with E-state index in [1.54, 1.807) is 0 Å². The van der Waals surface area contributed by atoms with Crippen LogP contribution in [0.4, 0.5) is 18.0 Å². The van der Waals surface area contributed by atoms with Gasteiger partial charge in [0.05, 0.1) is 0 Å². The van der Waals surface area contributed by atoms with Gasteiger partial charge in [-0.2, -0.15) is 0 Å². The van der Waals surface area contributed by atoms with Crippen molar-refractivity contribution in [2.75, 3.05) is 0 Å². The Hall–Kier alpha value is 1.34. The van der Waals surface area contributed by atoms with Crippen molar-refractivity contribution < 1.29 is 146 Å². The van der Waals surface area contributed by atoms with E-state index in [1.165, 1.54) is 12.1 Å². The van der Waals surface area contributed by atoms with Crippen molar-refractivity contribution in [3.8, 4) is 5.75 Å². The molecule has 0 spiro atoms. The number of carbonyl (C=O) groups is 1. The fourth-order valence-electron chi connectivity index (χ4n) is 0.872. The molecule has 100 valence electrons. The van der Waals surface area contributed by atoms with Gasteiger partial charge >= 0.3 is 116 Å². The maximum Gasteiger partial charge on any atom is 1.00 e. The largest absolute Gasteiger partial charge is 1.00 e. The fourth-order valence-corrected chi connectivity index (χ4v) is 0.872. The normalized spacial score (nSPS) is 9.05. The molecule has 20 heavy (non-hydrogen) atoms. The third-order valence-electron chi connectivity index (χ3n) is 1.39. The molecule has 0 aliphatic carbocycles. The van der Waals surface area contributed by atoms with Gasteiger partial charge in [-0.25, -0.2) is 0 Å². The first-order chi connectivity index (χ1) is 8.11. The van der Waals surface area contributed by atoms with E-state index in [-0.39, 0.29) is 108 Å². The van der Waals surface area contributed by atoms with Crippen LogP contribution in [0.1, 0.15) is 0 Å². The number of benzene rings is 1. The number of alkyl halides is 3. The third-order valence-corrected chi connectivity index (χ3v) is 1.39. The zero-order valence-corrected chi connectivity index (χ0v) is 16.8. The van der Waals surface area contributed by atoms with Gasteiger partial charge in [0.1, 0.15) is 5.75 Å². The van der Waals surface area contributed by atoms with Crippen LogP contribution in [0.5, 0.6) is 5.75 Å². The quantitative estimate of drug-likeness (QED) is 0.516. The summed E-state index contributed by atoms with van der Waals surface area (Å²) in [4.78, 5) is 8.33. The Morgan fingerprint density at radius 3 is 2.00 bits per heavy atom. The second kappa shape index (κ2) is 12.8. The first kappa shape index (κ1) is 26.2. The van der Waals surface area contributed by atoms with Gasteiger partial charge in [-0.05, 0) is 23.8 Å². The Morgan fingerprint density at radius 2 is 1.65 bits per heavy atom.